The van der Waals surface area contributed by atoms with Crippen LogP contribution in [-0.2, 0) is 14.3 Å². The highest BCUT2D eigenvalue weighted by Gasteiger charge is 2.29. The predicted molar refractivity (Wildman–Crippen MR) is 81.5 cm³/mol. The SMILES string of the molecule is COC(=O)C(NC(=O)OC(C)(C)C)c1nncc2cnccc12. The Balaban J connectivity index is 2.38. The number of pyridine rings is 1. The Morgan fingerprint density at radius 2 is 2.00 bits per heavy atom. The van der Waals surface area contributed by atoms with Crippen molar-refractivity contribution in [3.8, 4) is 0 Å². The number of alkyl carbamates (subject to hydrolysis) is 1. The molecular formula is C15H18N4O4. The third-order valence-corrected chi connectivity index (χ3v) is 2.86. The summed E-state index contributed by atoms with van der Waals surface area (Å²) >= 11 is 0. The van der Waals surface area contributed by atoms with Crippen molar-refractivity contribution in [1.82, 2.24) is 20.5 Å². The van der Waals surface area contributed by atoms with Gasteiger partial charge >= 0.3 is 12.1 Å². The van der Waals surface area contributed by atoms with Crippen LogP contribution >= 0.6 is 0 Å². The van der Waals surface area contributed by atoms with Crippen LogP contribution in [0.4, 0.5) is 4.79 Å². The molecule has 0 saturated carbocycles. The number of carbonyl (C=O) groups is 2. The molecule has 0 saturated heterocycles. The number of methoxy groups -OCH3 is 1. The van der Waals surface area contributed by atoms with Gasteiger partial charge in [-0.3, -0.25) is 4.98 Å². The number of esters is 1. The first-order valence-electron chi connectivity index (χ1n) is 6.94. The number of rotatable bonds is 3. The van der Waals surface area contributed by atoms with Crippen LogP contribution < -0.4 is 5.32 Å². The maximum absolute atomic E-state index is 12.1. The van der Waals surface area contributed by atoms with Gasteiger partial charge in [0.05, 0.1) is 13.3 Å². The molecule has 1 unspecified atom stereocenters. The van der Waals surface area contributed by atoms with E-state index in [9.17, 15) is 9.59 Å². The van der Waals surface area contributed by atoms with Crippen molar-refractivity contribution in [3.05, 3.63) is 30.4 Å². The molecule has 8 heteroatoms. The Morgan fingerprint density at radius 3 is 2.65 bits per heavy atom. The molecule has 8 nitrogen and oxygen atoms in total. The van der Waals surface area contributed by atoms with E-state index in [0.717, 1.165) is 0 Å². The van der Waals surface area contributed by atoms with Crippen molar-refractivity contribution < 1.29 is 19.1 Å². The van der Waals surface area contributed by atoms with Gasteiger partial charge in [0, 0.05) is 23.2 Å². The molecular weight excluding hydrogens is 300 g/mol. The zero-order valence-corrected chi connectivity index (χ0v) is 13.4. The van der Waals surface area contributed by atoms with Crippen LogP contribution in [0.15, 0.2) is 24.7 Å². The van der Waals surface area contributed by atoms with Crippen LogP contribution in [0, 0.1) is 0 Å². The average Bonchev–Trinajstić information content (AvgIpc) is 2.50. The van der Waals surface area contributed by atoms with Crippen molar-refractivity contribution in [3.63, 3.8) is 0 Å². The number of aromatic nitrogens is 3. The molecule has 0 aliphatic heterocycles. The van der Waals surface area contributed by atoms with Crippen molar-refractivity contribution >= 4 is 22.8 Å². The molecule has 2 aromatic heterocycles. The second-order valence-electron chi connectivity index (χ2n) is 5.80. The molecule has 0 spiro atoms. The minimum atomic E-state index is -1.13. The number of ether oxygens (including phenoxy) is 2. The number of fused-ring (bicyclic) bond motifs is 1. The van der Waals surface area contributed by atoms with Gasteiger partial charge in [0.25, 0.3) is 0 Å². The van der Waals surface area contributed by atoms with Crippen LogP contribution in [0.25, 0.3) is 10.8 Å². The van der Waals surface area contributed by atoms with Gasteiger partial charge in [-0.2, -0.15) is 10.2 Å². The largest absolute Gasteiger partial charge is 0.467 e. The van der Waals surface area contributed by atoms with Gasteiger partial charge < -0.3 is 14.8 Å². The smallest absolute Gasteiger partial charge is 0.408 e. The van der Waals surface area contributed by atoms with Gasteiger partial charge in [-0.05, 0) is 26.8 Å². The van der Waals surface area contributed by atoms with E-state index in [1.165, 1.54) is 13.3 Å². The van der Waals surface area contributed by atoms with Gasteiger partial charge in [0.2, 0.25) is 0 Å². The summed E-state index contributed by atoms with van der Waals surface area (Å²) in [6.45, 7) is 5.18. The van der Waals surface area contributed by atoms with E-state index in [4.69, 9.17) is 9.47 Å². The summed E-state index contributed by atoms with van der Waals surface area (Å²) in [5.41, 5.74) is -0.429. The third kappa shape index (κ3) is 4.12. The molecule has 122 valence electrons. The lowest BCUT2D eigenvalue weighted by molar-refractivity contribution is -0.143. The van der Waals surface area contributed by atoms with E-state index in [2.05, 4.69) is 20.5 Å². The van der Waals surface area contributed by atoms with Crippen LogP contribution in [0.2, 0.25) is 0 Å². The Hall–Kier alpha value is -2.77. The third-order valence-electron chi connectivity index (χ3n) is 2.86. The minimum Gasteiger partial charge on any atom is -0.467 e. The first-order chi connectivity index (χ1) is 10.8. The first-order valence-corrected chi connectivity index (χ1v) is 6.94. The van der Waals surface area contributed by atoms with Crippen LogP contribution in [-0.4, -0.2) is 40.0 Å². The molecule has 1 N–H and O–H groups in total. The fourth-order valence-corrected chi connectivity index (χ4v) is 1.95. The molecule has 0 bridgehead atoms. The molecule has 2 rings (SSSR count). The maximum atomic E-state index is 12.1. The van der Waals surface area contributed by atoms with Crippen molar-refractivity contribution in [1.29, 1.82) is 0 Å². The first kappa shape index (κ1) is 16.6. The zero-order chi connectivity index (χ0) is 17.0. The van der Waals surface area contributed by atoms with Gasteiger partial charge in [0.1, 0.15) is 11.3 Å². The lowest BCUT2D eigenvalue weighted by Gasteiger charge is -2.22. The maximum Gasteiger partial charge on any atom is 0.408 e. The van der Waals surface area contributed by atoms with E-state index in [-0.39, 0.29) is 5.69 Å². The van der Waals surface area contributed by atoms with Crippen molar-refractivity contribution in [2.45, 2.75) is 32.4 Å². The Morgan fingerprint density at radius 1 is 1.26 bits per heavy atom. The molecule has 0 fully saturated rings. The summed E-state index contributed by atoms with van der Waals surface area (Å²) in [6.07, 6.45) is 3.93. The van der Waals surface area contributed by atoms with Gasteiger partial charge in [-0.1, -0.05) is 0 Å². The number of amides is 1. The molecule has 0 radical (unpaired) electrons. The number of hydrogen-bond acceptors (Lipinski definition) is 7. The molecule has 2 heterocycles. The Bertz CT molecular complexity index is 721. The second kappa shape index (κ2) is 6.55. The highest BCUT2D eigenvalue weighted by atomic mass is 16.6. The quantitative estimate of drug-likeness (QED) is 0.860. The van der Waals surface area contributed by atoms with Gasteiger partial charge in [0.15, 0.2) is 6.04 Å². The fraction of sp³-hybridized carbons (Fsp3) is 0.400. The number of nitrogens with one attached hydrogen (secondary N) is 1. The molecule has 1 atom stereocenters. The normalized spacial score (nSPS) is 12.5. The van der Waals surface area contributed by atoms with Crippen LogP contribution in [0.5, 0.6) is 0 Å². The van der Waals surface area contributed by atoms with Gasteiger partial charge in [-0.15, -0.1) is 0 Å². The molecule has 2 aromatic rings. The second-order valence-corrected chi connectivity index (χ2v) is 5.80. The van der Waals surface area contributed by atoms with Crippen LogP contribution in [0.3, 0.4) is 0 Å². The molecule has 23 heavy (non-hydrogen) atoms. The molecule has 0 aliphatic rings. The summed E-state index contributed by atoms with van der Waals surface area (Å²) in [6, 6.07) is 0.556. The van der Waals surface area contributed by atoms with E-state index < -0.39 is 23.7 Å². The summed E-state index contributed by atoms with van der Waals surface area (Å²) in [7, 11) is 1.23. The summed E-state index contributed by atoms with van der Waals surface area (Å²) in [4.78, 5) is 28.1. The molecule has 0 aliphatic carbocycles. The molecule has 0 aromatic carbocycles. The average molecular weight is 318 g/mol. The van der Waals surface area contributed by atoms with Crippen molar-refractivity contribution in [2.24, 2.45) is 0 Å². The molecule has 1 amide bonds. The number of nitrogens with zero attached hydrogens (tertiary/aromatic N) is 3. The topological polar surface area (TPSA) is 103 Å². The zero-order valence-electron chi connectivity index (χ0n) is 13.4. The highest BCUT2D eigenvalue weighted by Crippen LogP contribution is 2.22. The Labute approximate surface area is 133 Å². The van der Waals surface area contributed by atoms with E-state index in [0.29, 0.717) is 10.8 Å². The predicted octanol–water partition coefficient (Wildman–Crippen LogP) is 1.76. The number of hydrogen-bond donors (Lipinski definition) is 1. The van der Waals surface area contributed by atoms with E-state index >= 15 is 0 Å². The highest BCUT2D eigenvalue weighted by molar-refractivity contribution is 5.90. The van der Waals surface area contributed by atoms with E-state index in [1.54, 1.807) is 39.2 Å². The van der Waals surface area contributed by atoms with Crippen LogP contribution in [0.1, 0.15) is 32.5 Å². The summed E-state index contributed by atoms with van der Waals surface area (Å²) in [5, 5.41) is 11.6. The summed E-state index contributed by atoms with van der Waals surface area (Å²) < 4.78 is 9.93. The lowest BCUT2D eigenvalue weighted by atomic mass is 10.1. The fourth-order valence-electron chi connectivity index (χ4n) is 1.95. The number of carbonyl (C=O) groups excluding carboxylic acids is 2. The monoisotopic (exact) mass is 318 g/mol. The standard InChI is InChI=1S/C15H18N4O4/c1-15(2,3)23-14(21)18-12(13(20)22-4)11-10-5-6-16-7-9(10)8-17-19-11/h5-8,12H,1-4H3,(H,18,21). The lowest BCUT2D eigenvalue weighted by Crippen LogP contribution is -2.39. The van der Waals surface area contributed by atoms with Gasteiger partial charge in [-0.25, -0.2) is 9.59 Å². The minimum absolute atomic E-state index is 0.266. The van der Waals surface area contributed by atoms with Crippen molar-refractivity contribution in [2.75, 3.05) is 7.11 Å². The Kier molecular flexibility index (Phi) is 4.73. The van der Waals surface area contributed by atoms with E-state index in [1.807, 2.05) is 0 Å². The summed E-state index contributed by atoms with van der Waals surface area (Å²) in [5.74, 6) is -0.672.